The van der Waals surface area contributed by atoms with Gasteiger partial charge in [0.2, 0.25) is 5.91 Å². The second-order valence-electron chi connectivity index (χ2n) is 4.85. The number of anilines is 1. The highest BCUT2D eigenvalue weighted by atomic mass is 19.1. The maximum atomic E-state index is 14.1. The van der Waals surface area contributed by atoms with Gasteiger partial charge >= 0.3 is 0 Å². The van der Waals surface area contributed by atoms with Crippen LogP contribution in [-0.2, 0) is 4.79 Å². The quantitative estimate of drug-likeness (QED) is 0.863. The molecule has 2 aromatic carbocycles. The standard InChI is InChI=1S/C16H15FN2O/c1-19-14-9-5-3-7-12(14)16(18-10-15(19)20)11-6-2-4-8-13(11)17/h2-9,16,18H,10H2,1H3. The number of amides is 1. The Hall–Kier alpha value is -2.20. The van der Waals surface area contributed by atoms with Crippen LogP contribution >= 0.6 is 0 Å². The van der Waals surface area contributed by atoms with Gasteiger partial charge in [0.1, 0.15) is 5.82 Å². The van der Waals surface area contributed by atoms with Crippen molar-refractivity contribution in [3.63, 3.8) is 0 Å². The number of para-hydroxylation sites is 1. The van der Waals surface area contributed by atoms with Gasteiger partial charge in [-0.1, -0.05) is 36.4 Å². The third-order valence-electron chi connectivity index (χ3n) is 3.66. The summed E-state index contributed by atoms with van der Waals surface area (Å²) in [5.41, 5.74) is 2.28. The van der Waals surface area contributed by atoms with Crippen molar-refractivity contribution in [2.24, 2.45) is 0 Å². The van der Waals surface area contributed by atoms with Gasteiger partial charge in [-0.15, -0.1) is 0 Å². The molecule has 2 aromatic rings. The molecule has 0 saturated carbocycles. The normalized spacial score (nSPS) is 18.6. The van der Waals surface area contributed by atoms with E-state index in [1.165, 1.54) is 6.07 Å². The minimum absolute atomic E-state index is 0.0312. The zero-order valence-electron chi connectivity index (χ0n) is 11.1. The molecule has 0 saturated heterocycles. The molecule has 0 fully saturated rings. The lowest BCUT2D eigenvalue weighted by Crippen LogP contribution is -2.33. The topological polar surface area (TPSA) is 32.3 Å². The van der Waals surface area contributed by atoms with Gasteiger partial charge in [0.25, 0.3) is 0 Å². The molecule has 102 valence electrons. The predicted octanol–water partition coefficient (Wildman–Crippen LogP) is 2.48. The Morgan fingerprint density at radius 3 is 2.50 bits per heavy atom. The van der Waals surface area contributed by atoms with Crippen LogP contribution in [0.5, 0.6) is 0 Å². The molecule has 1 unspecified atom stereocenters. The van der Waals surface area contributed by atoms with Gasteiger partial charge in [0.15, 0.2) is 0 Å². The predicted molar refractivity (Wildman–Crippen MR) is 76.1 cm³/mol. The summed E-state index contributed by atoms with van der Waals surface area (Å²) in [7, 11) is 1.74. The van der Waals surface area contributed by atoms with Gasteiger partial charge in [-0.25, -0.2) is 4.39 Å². The molecule has 1 N–H and O–H groups in total. The largest absolute Gasteiger partial charge is 0.314 e. The molecule has 0 spiro atoms. The first-order valence-corrected chi connectivity index (χ1v) is 6.52. The molecule has 1 aliphatic heterocycles. The number of halogens is 1. The lowest BCUT2D eigenvalue weighted by Gasteiger charge is -2.20. The molecule has 0 aliphatic carbocycles. The van der Waals surface area contributed by atoms with Crippen molar-refractivity contribution in [2.75, 3.05) is 18.5 Å². The second kappa shape index (κ2) is 5.06. The lowest BCUT2D eigenvalue weighted by atomic mass is 9.97. The molecule has 1 heterocycles. The molecule has 0 aromatic heterocycles. The van der Waals surface area contributed by atoms with E-state index in [4.69, 9.17) is 0 Å². The van der Waals surface area contributed by atoms with E-state index in [-0.39, 0.29) is 24.3 Å². The van der Waals surface area contributed by atoms with Crippen molar-refractivity contribution in [1.29, 1.82) is 0 Å². The Balaban J connectivity index is 2.15. The van der Waals surface area contributed by atoms with Crippen LogP contribution in [0.25, 0.3) is 0 Å². The zero-order chi connectivity index (χ0) is 14.1. The molecule has 1 aliphatic rings. The maximum absolute atomic E-state index is 14.1. The van der Waals surface area contributed by atoms with Crippen LogP contribution in [0.1, 0.15) is 17.2 Å². The van der Waals surface area contributed by atoms with Gasteiger partial charge in [0, 0.05) is 18.3 Å². The Morgan fingerprint density at radius 1 is 1.10 bits per heavy atom. The number of nitrogens with one attached hydrogen (secondary N) is 1. The highest BCUT2D eigenvalue weighted by Gasteiger charge is 2.27. The fraction of sp³-hybridized carbons (Fsp3) is 0.188. The van der Waals surface area contributed by atoms with Gasteiger partial charge in [-0.2, -0.15) is 0 Å². The number of rotatable bonds is 1. The summed E-state index contributed by atoms with van der Waals surface area (Å²) < 4.78 is 14.1. The van der Waals surface area contributed by atoms with Crippen LogP contribution in [-0.4, -0.2) is 19.5 Å². The summed E-state index contributed by atoms with van der Waals surface area (Å²) in [6.45, 7) is 0.185. The Kier molecular flexibility index (Phi) is 3.24. The maximum Gasteiger partial charge on any atom is 0.240 e. The number of likely N-dealkylation sites (N-methyl/N-ethyl adjacent to an activating group) is 1. The van der Waals surface area contributed by atoms with Crippen LogP contribution < -0.4 is 10.2 Å². The summed E-state index contributed by atoms with van der Waals surface area (Å²) in [6.07, 6.45) is 0. The van der Waals surface area contributed by atoms with E-state index in [0.717, 1.165) is 11.3 Å². The van der Waals surface area contributed by atoms with Crippen molar-refractivity contribution in [3.8, 4) is 0 Å². The van der Waals surface area contributed by atoms with E-state index in [1.54, 1.807) is 30.1 Å². The lowest BCUT2D eigenvalue weighted by molar-refractivity contribution is -0.117. The molecular formula is C16H15FN2O. The molecule has 3 nitrogen and oxygen atoms in total. The van der Waals surface area contributed by atoms with Crippen molar-refractivity contribution in [3.05, 3.63) is 65.5 Å². The molecule has 0 bridgehead atoms. The van der Waals surface area contributed by atoms with Gasteiger partial charge in [-0.05, 0) is 17.7 Å². The van der Waals surface area contributed by atoms with Crippen LogP contribution in [0.4, 0.5) is 10.1 Å². The molecule has 4 heteroatoms. The fourth-order valence-electron chi connectivity index (χ4n) is 2.58. The average molecular weight is 270 g/mol. The Labute approximate surface area is 117 Å². The first-order chi connectivity index (χ1) is 9.68. The third-order valence-corrected chi connectivity index (χ3v) is 3.66. The number of hydrogen-bond donors (Lipinski definition) is 1. The van der Waals surface area contributed by atoms with Crippen molar-refractivity contribution < 1.29 is 9.18 Å². The molecular weight excluding hydrogens is 255 g/mol. The Morgan fingerprint density at radius 2 is 1.75 bits per heavy atom. The van der Waals surface area contributed by atoms with E-state index in [1.807, 2.05) is 24.3 Å². The minimum atomic E-state index is -0.318. The molecule has 0 radical (unpaired) electrons. The van der Waals surface area contributed by atoms with Crippen LogP contribution in [0, 0.1) is 5.82 Å². The first kappa shape index (κ1) is 12.8. The molecule has 1 amide bonds. The average Bonchev–Trinajstić information content (AvgIpc) is 2.59. The fourth-order valence-corrected chi connectivity index (χ4v) is 2.58. The van der Waals surface area contributed by atoms with E-state index < -0.39 is 0 Å². The van der Waals surface area contributed by atoms with Gasteiger partial charge < -0.3 is 4.90 Å². The van der Waals surface area contributed by atoms with Crippen LogP contribution in [0.2, 0.25) is 0 Å². The molecule has 20 heavy (non-hydrogen) atoms. The van der Waals surface area contributed by atoms with E-state index in [0.29, 0.717) is 5.56 Å². The van der Waals surface area contributed by atoms with Crippen molar-refractivity contribution in [2.45, 2.75) is 6.04 Å². The number of hydrogen-bond acceptors (Lipinski definition) is 2. The van der Waals surface area contributed by atoms with E-state index in [9.17, 15) is 9.18 Å². The summed E-state index contributed by atoms with van der Waals surface area (Å²) in [5.74, 6) is -0.298. The van der Waals surface area contributed by atoms with Crippen molar-refractivity contribution in [1.82, 2.24) is 5.32 Å². The Bertz CT molecular complexity index is 656. The number of nitrogens with zero attached hydrogens (tertiary/aromatic N) is 1. The minimum Gasteiger partial charge on any atom is -0.314 e. The monoisotopic (exact) mass is 270 g/mol. The number of carbonyl (C=O) groups is 1. The summed E-state index contributed by atoms with van der Waals surface area (Å²) in [6, 6.07) is 13.9. The third kappa shape index (κ3) is 2.08. The highest BCUT2D eigenvalue weighted by Crippen LogP contribution is 2.33. The van der Waals surface area contributed by atoms with Crippen LogP contribution in [0.3, 0.4) is 0 Å². The zero-order valence-corrected chi connectivity index (χ0v) is 11.1. The summed E-state index contributed by atoms with van der Waals surface area (Å²) in [5, 5.41) is 3.14. The smallest absolute Gasteiger partial charge is 0.240 e. The van der Waals surface area contributed by atoms with E-state index in [2.05, 4.69) is 5.32 Å². The number of carbonyl (C=O) groups excluding carboxylic acids is 1. The van der Waals surface area contributed by atoms with E-state index >= 15 is 0 Å². The molecule has 1 atom stereocenters. The first-order valence-electron chi connectivity index (χ1n) is 6.52. The number of fused-ring (bicyclic) bond motifs is 1. The molecule has 3 rings (SSSR count). The summed E-state index contributed by atoms with van der Waals surface area (Å²) >= 11 is 0. The second-order valence-corrected chi connectivity index (χ2v) is 4.85. The van der Waals surface area contributed by atoms with Gasteiger partial charge in [0.05, 0.1) is 12.6 Å². The SMILES string of the molecule is CN1C(=O)CNC(c2ccccc2F)c2ccccc21. The van der Waals surface area contributed by atoms with Crippen molar-refractivity contribution >= 4 is 11.6 Å². The van der Waals surface area contributed by atoms with Crippen LogP contribution in [0.15, 0.2) is 48.5 Å². The highest BCUT2D eigenvalue weighted by molar-refractivity contribution is 5.96. The van der Waals surface area contributed by atoms with Gasteiger partial charge in [-0.3, -0.25) is 10.1 Å². The summed E-state index contributed by atoms with van der Waals surface area (Å²) in [4.78, 5) is 13.6. The number of benzene rings is 2.